The van der Waals surface area contributed by atoms with Gasteiger partial charge in [-0.2, -0.15) is 0 Å². The molecular formula is C31H41ClN4O3S2. The van der Waals surface area contributed by atoms with E-state index in [0.29, 0.717) is 13.0 Å². The largest absolute Gasteiger partial charge is 0.481 e. The van der Waals surface area contributed by atoms with Crippen molar-refractivity contribution in [3.05, 3.63) is 82.6 Å². The second-order valence-electron chi connectivity index (χ2n) is 9.39. The van der Waals surface area contributed by atoms with E-state index in [1.807, 2.05) is 38.5 Å². The van der Waals surface area contributed by atoms with Gasteiger partial charge in [0.1, 0.15) is 6.29 Å². The molecule has 10 heteroatoms. The van der Waals surface area contributed by atoms with Crippen molar-refractivity contribution in [1.82, 2.24) is 19.3 Å². The van der Waals surface area contributed by atoms with Crippen LogP contribution in [0.2, 0.25) is 5.02 Å². The van der Waals surface area contributed by atoms with E-state index < -0.39 is 5.97 Å². The number of aliphatic carboxylic acids is 1. The second kappa shape index (κ2) is 19.7. The lowest BCUT2D eigenvalue weighted by molar-refractivity contribution is -0.136. The standard InChI is InChI=1S/C25H27ClN2OS.C6H14N2O2S/c1-18-17-27-13-12-23(18)22-9-6-8-21(16-22)20(3)28(14-4-5-15-29)30-25-11-7-10-24(26)19(25)2;1-7-4-5-11-8-3-2-6(9)10/h6-13,15-17,20H,4-5,14H2,1-3H3;7-8H,2-5H2,1H3,(H,9,10). The van der Waals surface area contributed by atoms with Crippen molar-refractivity contribution < 1.29 is 14.7 Å². The molecule has 3 aromatic rings. The lowest BCUT2D eigenvalue weighted by Gasteiger charge is -2.29. The average molecular weight is 617 g/mol. The highest BCUT2D eigenvalue weighted by atomic mass is 35.5. The van der Waals surface area contributed by atoms with Gasteiger partial charge in [-0.3, -0.25) is 14.5 Å². The van der Waals surface area contributed by atoms with Crippen molar-refractivity contribution in [3.63, 3.8) is 0 Å². The molecule has 0 saturated heterocycles. The van der Waals surface area contributed by atoms with E-state index in [-0.39, 0.29) is 12.5 Å². The molecule has 0 aliphatic carbocycles. The van der Waals surface area contributed by atoms with Gasteiger partial charge in [-0.05, 0) is 98.3 Å². The summed E-state index contributed by atoms with van der Waals surface area (Å²) in [6, 6.07) is 16.9. The minimum atomic E-state index is -0.758. The summed E-state index contributed by atoms with van der Waals surface area (Å²) in [4.78, 5) is 26.2. The molecule has 0 fully saturated rings. The number of carbonyl (C=O) groups excluding carboxylic acids is 1. The molecule has 222 valence electrons. The number of carboxylic acid groups (broad SMARTS) is 1. The summed E-state index contributed by atoms with van der Waals surface area (Å²) < 4.78 is 5.30. The van der Waals surface area contributed by atoms with E-state index in [2.05, 4.69) is 69.6 Å². The SMILES string of the molecule is CNCCSNCCC(=O)O.Cc1cnccc1-c1cccc(C(C)N(CCCC=O)Sc2cccc(Cl)c2C)c1. The highest BCUT2D eigenvalue weighted by Gasteiger charge is 2.19. The molecule has 2 aromatic carbocycles. The first-order valence-electron chi connectivity index (χ1n) is 13.6. The summed E-state index contributed by atoms with van der Waals surface area (Å²) in [5.41, 5.74) is 5.87. The molecule has 1 heterocycles. The molecule has 7 nitrogen and oxygen atoms in total. The number of nitrogens with zero attached hydrogens (tertiary/aromatic N) is 2. The third-order valence-corrected chi connectivity index (χ3v) is 8.86. The topological polar surface area (TPSA) is 94.6 Å². The van der Waals surface area contributed by atoms with Crippen molar-refractivity contribution >= 4 is 47.8 Å². The Kier molecular flexibility index (Phi) is 16.7. The predicted octanol–water partition coefficient (Wildman–Crippen LogP) is 6.99. The van der Waals surface area contributed by atoms with Crippen LogP contribution in [0.3, 0.4) is 0 Å². The number of hydrogen-bond acceptors (Lipinski definition) is 8. The fraction of sp³-hybridized carbons (Fsp3) is 0.387. The van der Waals surface area contributed by atoms with Gasteiger partial charge in [-0.15, -0.1) is 0 Å². The number of rotatable bonds is 16. The molecular weight excluding hydrogens is 576 g/mol. The lowest BCUT2D eigenvalue weighted by atomic mass is 9.98. The number of pyridine rings is 1. The Balaban J connectivity index is 0.000000454. The van der Waals surface area contributed by atoms with Gasteiger partial charge in [0.2, 0.25) is 0 Å². The van der Waals surface area contributed by atoms with E-state index in [9.17, 15) is 9.59 Å². The summed E-state index contributed by atoms with van der Waals surface area (Å²) in [6.45, 7) is 8.63. The highest BCUT2D eigenvalue weighted by molar-refractivity contribution is 7.97. The van der Waals surface area contributed by atoms with Gasteiger partial charge in [0.15, 0.2) is 0 Å². The van der Waals surface area contributed by atoms with Gasteiger partial charge >= 0.3 is 5.97 Å². The summed E-state index contributed by atoms with van der Waals surface area (Å²) >= 11 is 9.60. The molecule has 0 saturated carbocycles. The monoisotopic (exact) mass is 616 g/mol. The zero-order valence-corrected chi connectivity index (χ0v) is 26.6. The van der Waals surface area contributed by atoms with Crippen LogP contribution in [0.25, 0.3) is 11.1 Å². The number of hydrogen-bond donors (Lipinski definition) is 3. The summed E-state index contributed by atoms with van der Waals surface area (Å²) in [5, 5.41) is 12.0. The minimum absolute atomic E-state index is 0.169. The summed E-state index contributed by atoms with van der Waals surface area (Å²) in [6.07, 6.45) is 6.30. The van der Waals surface area contributed by atoms with Crippen LogP contribution in [-0.4, -0.2) is 59.1 Å². The molecule has 1 aromatic heterocycles. The van der Waals surface area contributed by atoms with Crippen LogP contribution in [0.15, 0.2) is 65.8 Å². The third-order valence-electron chi connectivity index (χ3n) is 6.26. The number of aryl methyl sites for hydroxylation is 1. The Morgan fingerprint density at radius 2 is 1.95 bits per heavy atom. The van der Waals surface area contributed by atoms with Crippen molar-refractivity contribution in [1.29, 1.82) is 0 Å². The van der Waals surface area contributed by atoms with Crippen molar-refractivity contribution in [2.45, 2.75) is 51.0 Å². The molecule has 1 unspecified atom stereocenters. The van der Waals surface area contributed by atoms with Gasteiger partial charge < -0.3 is 15.2 Å². The maximum Gasteiger partial charge on any atom is 0.304 e. The van der Waals surface area contributed by atoms with E-state index in [0.717, 1.165) is 52.6 Å². The molecule has 0 amide bonds. The van der Waals surface area contributed by atoms with Crippen molar-refractivity contribution in [2.75, 3.05) is 32.4 Å². The van der Waals surface area contributed by atoms with Gasteiger partial charge in [0.05, 0.1) is 6.42 Å². The van der Waals surface area contributed by atoms with Crippen LogP contribution in [0, 0.1) is 13.8 Å². The molecule has 0 radical (unpaired) electrons. The van der Waals surface area contributed by atoms with E-state index >= 15 is 0 Å². The third kappa shape index (κ3) is 12.6. The normalized spacial score (nSPS) is 11.6. The Morgan fingerprint density at radius 1 is 1.17 bits per heavy atom. The zero-order valence-electron chi connectivity index (χ0n) is 24.2. The summed E-state index contributed by atoms with van der Waals surface area (Å²) in [7, 11) is 1.89. The van der Waals surface area contributed by atoms with Gasteiger partial charge in [0.25, 0.3) is 0 Å². The molecule has 41 heavy (non-hydrogen) atoms. The number of carbonyl (C=O) groups is 2. The first kappa shape index (κ1) is 34.8. The van der Waals surface area contributed by atoms with Crippen molar-refractivity contribution in [3.8, 4) is 11.1 Å². The maximum atomic E-state index is 10.9. The van der Waals surface area contributed by atoms with E-state index in [4.69, 9.17) is 16.7 Å². The van der Waals surface area contributed by atoms with Crippen molar-refractivity contribution in [2.24, 2.45) is 0 Å². The Morgan fingerprint density at radius 3 is 2.66 bits per heavy atom. The first-order chi connectivity index (χ1) is 19.8. The predicted molar refractivity (Wildman–Crippen MR) is 174 cm³/mol. The lowest BCUT2D eigenvalue weighted by Crippen LogP contribution is -2.21. The smallest absolute Gasteiger partial charge is 0.304 e. The summed E-state index contributed by atoms with van der Waals surface area (Å²) in [5.74, 6) is 0.197. The van der Waals surface area contributed by atoms with Crippen LogP contribution < -0.4 is 10.0 Å². The molecule has 3 rings (SSSR count). The quantitative estimate of drug-likeness (QED) is 0.0894. The molecule has 0 aliphatic heterocycles. The van der Waals surface area contributed by atoms with Gasteiger partial charge in [-0.25, -0.2) is 4.31 Å². The number of unbranched alkanes of at least 4 members (excludes halogenated alkanes) is 1. The number of carboxylic acids is 1. The van der Waals surface area contributed by atoms with E-state index in [1.165, 1.54) is 16.7 Å². The van der Waals surface area contributed by atoms with Crippen LogP contribution in [0.5, 0.6) is 0 Å². The number of benzene rings is 2. The van der Waals surface area contributed by atoms with Gasteiger partial charge in [-0.1, -0.05) is 47.8 Å². The number of aromatic nitrogens is 1. The second-order valence-corrected chi connectivity index (χ2v) is 11.9. The molecule has 0 spiro atoms. The van der Waals surface area contributed by atoms with Crippen LogP contribution >= 0.6 is 35.5 Å². The number of halogens is 1. The fourth-order valence-corrected chi connectivity index (χ4v) is 5.91. The Bertz CT molecular complexity index is 1230. The highest BCUT2D eigenvalue weighted by Crippen LogP contribution is 2.37. The van der Waals surface area contributed by atoms with Crippen LogP contribution in [0.4, 0.5) is 0 Å². The molecule has 0 bridgehead atoms. The van der Waals surface area contributed by atoms with E-state index in [1.54, 1.807) is 23.9 Å². The maximum absolute atomic E-state index is 10.9. The molecule has 1 atom stereocenters. The molecule has 0 aliphatic rings. The van der Waals surface area contributed by atoms with Crippen LogP contribution in [0.1, 0.15) is 48.9 Å². The first-order valence-corrected chi connectivity index (χ1v) is 15.8. The fourth-order valence-electron chi connectivity index (χ4n) is 3.85. The van der Waals surface area contributed by atoms with Gasteiger partial charge in [0, 0.05) is 60.2 Å². The van der Waals surface area contributed by atoms with Crippen LogP contribution in [-0.2, 0) is 9.59 Å². The Hall–Kier alpha value is -2.40. The Labute approximate surface area is 258 Å². The molecule has 3 N–H and O–H groups in total. The zero-order chi connectivity index (χ0) is 30.0. The number of aldehydes is 1. The average Bonchev–Trinajstić information content (AvgIpc) is 2.97. The number of nitrogens with one attached hydrogen (secondary N) is 2. The minimum Gasteiger partial charge on any atom is -0.481 e.